The van der Waals surface area contributed by atoms with Gasteiger partial charge in [0.05, 0.1) is 5.69 Å². The van der Waals surface area contributed by atoms with Crippen molar-refractivity contribution in [3.63, 3.8) is 0 Å². The first-order valence-corrected chi connectivity index (χ1v) is 4.77. The Balaban J connectivity index is 2.14. The molecule has 0 aliphatic carbocycles. The molecule has 76 valence electrons. The smallest absolute Gasteiger partial charge is 0.0850 e. The van der Waals surface area contributed by atoms with E-state index in [2.05, 4.69) is 5.10 Å². The number of hydrogen-bond acceptors (Lipinski definition) is 2. The number of nitrogens with zero attached hydrogens (tertiary/aromatic N) is 2. The molecular formula is C12H13N3. The predicted octanol–water partition coefficient (Wildman–Crippen LogP) is 2.17. The Labute approximate surface area is 88.8 Å². The number of rotatable bonds is 2. The van der Waals surface area contributed by atoms with Crippen LogP contribution in [0.2, 0.25) is 0 Å². The molecule has 0 aliphatic rings. The Morgan fingerprint density at radius 3 is 2.47 bits per heavy atom. The minimum Gasteiger partial charge on any atom is -0.399 e. The molecule has 1 aromatic carbocycles. The Morgan fingerprint density at radius 2 is 1.87 bits per heavy atom. The fourth-order valence-electron chi connectivity index (χ4n) is 1.31. The highest BCUT2D eigenvalue weighted by atomic mass is 15.2. The Bertz CT molecular complexity index is 466. The van der Waals surface area contributed by atoms with Crippen molar-refractivity contribution in [1.29, 1.82) is 0 Å². The molecule has 0 radical (unpaired) electrons. The van der Waals surface area contributed by atoms with E-state index in [4.69, 9.17) is 5.73 Å². The van der Waals surface area contributed by atoms with Gasteiger partial charge in [0.1, 0.15) is 0 Å². The third kappa shape index (κ3) is 2.47. The molecule has 2 rings (SSSR count). The van der Waals surface area contributed by atoms with Crippen LogP contribution in [0, 0.1) is 0 Å². The maximum Gasteiger partial charge on any atom is 0.0850 e. The van der Waals surface area contributed by atoms with E-state index in [-0.39, 0.29) is 0 Å². The number of hydrogen-bond donors (Lipinski definition) is 1. The number of benzene rings is 1. The Hall–Kier alpha value is -2.03. The molecule has 0 saturated carbocycles. The summed E-state index contributed by atoms with van der Waals surface area (Å²) in [6.07, 6.45) is 5.91. The van der Waals surface area contributed by atoms with Crippen LogP contribution in [0.15, 0.2) is 36.5 Å². The lowest BCUT2D eigenvalue weighted by Crippen LogP contribution is -1.86. The largest absolute Gasteiger partial charge is 0.399 e. The van der Waals surface area contributed by atoms with E-state index in [1.165, 1.54) is 0 Å². The maximum atomic E-state index is 5.60. The Morgan fingerprint density at radius 1 is 1.13 bits per heavy atom. The molecule has 15 heavy (non-hydrogen) atoms. The lowest BCUT2D eigenvalue weighted by Gasteiger charge is -1.93. The maximum absolute atomic E-state index is 5.60. The molecule has 0 unspecified atom stereocenters. The van der Waals surface area contributed by atoms with E-state index >= 15 is 0 Å². The van der Waals surface area contributed by atoms with Gasteiger partial charge in [-0.2, -0.15) is 5.10 Å². The van der Waals surface area contributed by atoms with Gasteiger partial charge in [-0.25, -0.2) is 0 Å². The third-order valence-corrected chi connectivity index (χ3v) is 2.12. The van der Waals surface area contributed by atoms with Gasteiger partial charge in [-0.3, -0.25) is 4.68 Å². The SMILES string of the molecule is Cn1ccc(/C=C/c2ccc(N)cc2)n1. The van der Waals surface area contributed by atoms with Crippen LogP contribution in [0.25, 0.3) is 12.2 Å². The fourth-order valence-corrected chi connectivity index (χ4v) is 1.31. The van der Waals surface area contributed by atoms with Crippen molar-refractivity contribution in [3.8, 4) is 0 Å². The molecule has 0 fully saturated rings. The lowest BCUT2D eigenvalue weighted by molar-refractivity contribution is 0.765. The second kappa shape index (κ2) is 4.00. The molecule has 1 heterocycles. The van der Waals surface area contributed by atoms with Crippen molar-refractivity contribution in [3.05, 3.63) is 47.8 Å². The van der Waals surface area contributed by atoms with E-state index in [9.17, 15) is 0 Å². The van der Waals surface area contributed by atoms with Crippen molar-refractivity contribution in [1.82, 2.24) is 9.78 Å². The first-order valence-electron chi connectivity index (χ1n) is 4.77. The van der Waals surface area contributed by atoms with Crippen molar-refractivity contribution < 1.29 is 0 Å². The van der Waals surface area contributed by atoms with Gasteiger partial charge in [-0.15, -0.1) is 0 Å². The molecule has 3 heteroatoms. The summed E-state index contributed by atoms with van der Waals surface area (Å²) in [5, 5.41) is 4.25. The summed E-state index contributed by atoms with van der Waals surface area (Å²) in [4.78, 5) is 0. The molecule has 3 nitrogen and oxygen atoms in total. The van der Waals surface area contributed by atoms with Gasteiger partial charge in [0.15, 0.2) is 0 Å². The first kappa shape index (κ1) is 9.52. The van der Waals surface area contributed by atoms with Gasteiger partial charge in [-0.05, 0) is 29.8 Å². The summed E-state index contributed by atoms with van der Waals surface area (Å²) in [6.45, 7) is 0. The molecule has 0 saturated heterocycles. The van der Waals surface area contributed by atoms with Crippen molar-refractivity contribution in [2.45, 2.75) is 0 Å². The third-order valence-electron chi connectivity index (χ3n) is 2.12. The van der Waals surface area contributed by atoms with Crippen LogP contribution in [0.4, 0.5) is 5.69 Å². The summed E-state index contributed by atoms with van der Waals surface area (Å²) < 4.78 is 1.78. The van der Waals surface area contributed by atoms with Gasteiger partial charge >= 0.3 is 0 Å². The minimum absolute atomic E-state index is 0.782. The van der Waals surface area contributed by atoms with Crippen molar-refractivity contribution in [2.75, 3.05) is 5.73 Å². The van der Waals surface area contributed by atoms with Crippen LogP contribution in [0.1, 0.15) is 11.3 Å². The lowest BCUT2D eigenvalue weighted by atomic mass is 10.2. The van der Waals surface area contributed by atoms with Gasteiger partial charge in [0, 0.05) is 18.9 Å². The average Bonchev–Trinajstić information content (AvgIpc) is 2.64. The monoisotopic (exact) mass is 199 g/mol. The number of aryl methyl sites for hydroxylation is 1. The minimum atomic E-state index is 0.782. The number of anilines is 1. The summed E-state index contributed by atoms with van der Waals surface area (Å²) in [5.41, 5.74) is 8.45. The van der Waals surface area contributed by atoms with Gasteiger partial charge < -0.3 is 5.73 Å². The van der Waals surface area contributed by atoms with E-state index in [0.29, 0.717) is 0 Å². The second-order valence-corrected chi connectivity index (χ2v) is 3.41. The van der Waals surface area contributed by atoms with Crippen LogP contribution in [-0.4, -0.2) is 9.78 Å². The predicted molar refractivity (Wildman–Crippen MR) is 63.0 cm³/mol. The van der Waals surface area contributed by atoms with Gasteiger partial charge in [0.25, 0.3) is 0 Å². The van der Waals surface area contributed by atoms with Crippen LogP contribution in [0.5, 0.6) is 0 Å². The fraction of sp³-hybridized carbons (Fsp3) is 0.0833. The molecule has 1 aromatic heterocycles. The van der Waals surface area contributed by atoms with E-state index in [0.717, 1.165) is 16.9 Å². The molecule has 2 aromatic rings. The number of nitrogen functional groups attached to an aromatic ring is 1. The second-order valence-electron chi connectivity index (χ2n) is 3.41. The summed E-state index contributed by atoms with van der Waals surface area (Å²) >= 11 is 0. The molecule has 0 aliphatic heterocycles. The highest BCUT2D eigenvalue weighted by molar-refractivity contribution is 5.68. The Kier molecular flexibility index (Phi) is 2.54. The quantitative estimate of drug-likeness (QED) is 0.753. The summed E-state index contributed by atoms with van der Waals surface area (Å²) in [6, 6.07) is 9.70. The molecule has 2 N–H and O–H groups in total. The average molecular weight is 199 g/mol. The molecule has 0 bridgehead atoms. The van der Waals surface area contributed by atoms with Gasteiger partial charge in [-0.1, -0.05) is 18.2 Å². The zero-order valence-corrected chi connectivity index (χ0v) is 8.59. The first-order chi connectivity index (χ1) is 7.24. The topological polar surface area (TPSA) is 43.8 Å². The van der Waals surface area contributed by atoms with Crippen molar-refractivity contribution in [2.24, 2.45) is 7.05 Å². The highest BCUT2D eigenvalue weighted by Crippen LogP contribution is 2.09. The normalized spacial score (nSPS) is 11.0. The zero-order valence-electron chi connectivity index (χ0n) is 8.59. The van der Waals surface area contributed by atoms with Crippen LogP contribution in [-0.2, 0) is 7.05 Å². The van der Waals surface area contributed by atoms with Crippen LogP contribution in [0.3, 0.4) is 0 Å². The molecule has 0 spiro atoms. The molecular weight excluding hydrogens is 186 g/mol. The van der Waals surface area contributed by atoms with Gasteiger partial charge in [0.2, 0.25) is 0 Å². The standard InChI is InChI=1S/C12H13N3/c1-15-9-8-12(14-15)7-4-10-2-5-11(13)6-3-10/h2-9H,13H2,1H3/b7-4+. The van der Waals surface area contributed by atoms with Crippen molar-refractivity contribution >= 4 is 17.8 Å². The number of aromatic nitrogens is 2. The number of nitrogens with two attached hydrogens (primary N) is 1. The van der Waals surface area contributed by atoms with E-state index in [1.807, 2.05) is 55.7 Å². The summed E-state index contributed by atoms with van der Waals surface area (Å²) in [7, 11) is 1.90. The van der Waals surface area contributed by atoms with Crippen LogP contribution >= 0.6 is 0 Å². The highest BCUT2D eigenvalue weighted by Gasteiger charge is 1.91. The zero-order chi connectivity index (χ0) is 10.7. The van der Waals surface area contributed by atoms with Crippen LogP contribution < -0.4 is 5.73 Å². The molecule has 0 atom stereocenters. The summed E-state index contributed by atoms with van der Waals surface area (Å²) in [5.74, 6) is 0. The van der Waals surface area contributed by atoms with E-state index < -0.39 is 0 Å². The molecule has 0 amide bonds. The van der Waals surface area contributed by atoms with E-state index in [1.54, 1.807) is 4.68 Å².